The fraction of sp³-hybridized carbons (Fsp3) is 0.536. The van der Waals surface area contributed by atoms with Crippen molar-refractivity contribution < 1.29 is 24.1 Å². The second kappa shape index (κ2) is 11.7. The number of aliphatic hydroxyl groups is 2. The summed E-state index contributed by atoms with van der Waals surface area (Å²) in [6.07, 6.45) is 2.77. The van der Waals surface area contributed by atoms with E-state index in [4.69, 9.17) is 10.5 Å². The number of likely N-dealkylation sites (tertiary alicyclic amines) is 2. The van der Waals surface area contributed by atoms with Gasteiger partial charge in [0, 0.05) is 57.4 Å². The van der Waals surface area contributed by atoms with Crippen LogP contribution in [0.3, 0.4) is 0 Å². The molecule has 0 bridgehead atoms. The fourth-order valence-corrected chi connectivity index (χ4v) is 5.68. The van der Waals surface area contributed by atoms with E-state index in [2.05, 4.69) is 0 Å². The first kappa shape index (κ1) is 26.5. The average Bonchev–Trinajstić information content (AvgIpc) is 3.24. The van der Waals surface area contributed by atoms with Crippen LogP contribution in [0.2, 0.25) is 0 Å². The molecule has 2 heterocycles. The van der Waals surface area contributed by atoms with E-state index in [1.807, 2.05) is 24.3 Å². The van der Waals surface area contributed by atoms with Gasteiger partial charge in [-0.1, -0.05) is 42.5 Å². The second-order valence-corrected chi connectivity index (χ2v) is 10.1. The third-order valence-corrected chi connectivity index (χ3v) is 7.68. The molecule has 2 aliphatic heterocycles. The van der Waals surface area contributed by atoms with E-state index in [1.165, 1.54) is 6.07 Å². The Hall–Kier alpha value is -2.52. The molecule has 2 saturated heterocycles. The van der Waals surface area contributed by atoms with Crippen molar-refractivity contribution in [2.24, 2.45) is 11.7 Å². The van der Waals surface area contributed by atoms with Gasteiger partial charge in [0.05, 0.1) is 11.7 Å². The van der Waals surface area contributed by atoms with Crippen LogP contribution in [0, 0.1) is 11.7 Å². The van der Waals surface area contributed by atoms with Gasteiger partial charge in [0.25, 0.3) is 0 Å². The highest BCUT2D eigenvalue weighted by atomic mass is 19.1. The maximum Gasteiger partial charge on any atom is 0.320 e. The van der Waals surface area contributed by atoms with E-state index in [9.17, 15) is 19.4 Å². The van der Waals surface area contributed by atoms with E-state index >= 15 is 0 Å². The molecule has 2 aromatic carbocycles. The summed E-state index contributed by atoms with van der Waals surface area (Å²) in [4.78, 5) is 16.6. The maximum atomic E-state index is 14.9. The van der Waals surface area contributed by atoms with Gasteiger partial charge in [0.15, 0.2) is 0 Å². The molecule has 2 amide bonds. The van der Waals surface area contributed by atoms with E-state index in [0.717, 1.165) is 25.7 Å². The van der Waals surface area contributed by atoms with Crippen LogP contribution in [0.5, 0.6) is 0 Å². The third kappa shape index (κ3) is 5.57. The number of methoxy groups -OCH3 is 1. The Morgan fingerprint density at radius 3 is 2.50 bits per heavy atom. The smallest absolute Gasteiger partial charge is 0.320 e. The number of aliphatic hydroxyl groups excluding tert-OH is 1. The molecule has 8 heteroatoms. The molecule has 7 nitrogen and oxygen atoms in total. The zero-order valence-electron chi connectivity index (χ0n) is 21.0. The fourth-order valence-electron chi connectivity index (χ4n) is 5.68. The molecule has 0 unspecified atom stereocenters. The minimum atomic E-state index is -1.26. The predicted octanol–water partition coefficient (Wildman–Crippen LogP) is 3.33. The Morgan fingerprint density at radius 1 is 1.08 bits per heavy atom. The average molecular weight is 500 g/mol. The zero-order chi connectivity index (χ0) is 25.7. The summed E-state index contributed by atoms with van der Waals surface area (Å²) in [6.45, 7) is 2.11. The molecule has 196 valence electrons. The standard InChI is InChI=1S/C28H38FN3O4/c1-36-16-7-6-14-28(35,23-12-4-2-10-21(23)22-11-3-5-13-24(22)29)20-9-8-15-31(17-20)27(34)32-18-25(30)26(33)19-32/h2-5,10-13,20,25-26,33,35H,6-9,14-19,30H2,1H3/t20-,25-,26+,28+/m1/s1. The largest absolute Gasteiger partial charge is 0.390 e. The number of hydrogen-bond acceptors (Lipinski definition) is 5. The lowest BCUT2D eigenvalue weighted by molar-refractivity contribution is -0.0572. The number of carbonyl (C=O) groups excluding carboxylic acids is 1. The molecule has 0 spiro atoms. The Kier molecular flexibility index (Phi) is 8.62. The second-order valence-electron chi connectivity index (χ2n) is 10.1. The van der Waals surface area contributed by atoms with E-state index in [0.29, 0.717) is 49.4 Å². The lowest BCUT2D eigenvalue weighted by Gasteiger charge is -2.44. The van der Waals surface area contributed by atoms with E-state index in [1.54, 1.807) is 35.1 Å². The number of benzene rings is 2. The van der Waals surface area contributed by atoms with Crippen LogP contribution in [0.1, 0.15) is 37.7 Å². The van der Waals surface area contributed by atoms with Crippen molar-refractivity contribution in [3.8, 4) is 11.1 Å². The highest BCUT2D eigenvalue weighted by Crippen LogP contribution is 2.44. The van der Waals surface area contributed by atoms with Crippen molar-refractivity contribution >= 4 is 6.03 Å². The predicted molar refractivity (Wildman–Crippen MR) is 137 cm³/mol. The van der Waals surface area contributed by atoms with Crippen molar-refractivity contribution in [2.75, 3.05) is 39.9 Å². The summed E-state index contributed by atoms with van der Waals surface area (Å²) >= 11 is 0. The molecule has 2 aromatic rings. The molecule has 0 radical (unpaired) electrons. The summed E-state index contributed by atoms with van der Waals surface area (Å²) in [6, 6.07) is 13.5. The van der Waals surface area contributed by atoms with Crippen molar-refractivity contribution in [2.45, 2.75) is 49.9 Å². The molecular weight excluding hydrogens is 461 g/mol. The summed E-state index contributed by atoms with van der Waals surface area (Å²) < 4.78 is 20.1. The number of nitrogens with zero attached hydrogens (tertiary/aromatic N) is 2. The number of rotatable bonds is 8. The van der Waals surface area contributed by atoms with Gasteiger partial charge >= 0.3 is 6.03 Å². The van der Waals surface area contributed by atoms with Gasteiger partial charge in [-0.05, 0) is 49.3 Å². The van der Waals surface area contributed by atoms with Crippen LogP contribution >= 0.6 is 0 Å². The maximum absolute atomic E-state index is 14.9. The number of halogens is 1. The van der Waals surface area contributed by atoms with Gasteiger partial charge < -0.3 is 30.5 Å². The molecule has 2 aliphatic rings. The number of urea groups is 1. The van der Waals surface area contributed by atoms with E-state index in [-0.39, 0.29) is 24.3 Å². The van der Waals surface area contributed by atoms with Crippen LogP contribution in [0.4, 0.5) is 9.18 Å². The van der Waals surface area contributed by atoms with Crippen molar-refractivity contribution in [3.05, 3.63) is 59.9 Å². The topological polar surface area (TPSA) is 99.3 Å². The molecular formula is C28H38FN3O4. The SMILES string of the molecule is COCCCC[C@@](O)(c1ccccc1-c1ccccc1F)[C@@H]1CCCN(C(=O)N2C[C@@H](N)[C@@H](O)C2)C1. The molecule has 4 atom stereocenters. The number of ether oxygens (including phenoxy) is 1. The summed E-state index contributed by atoms with van der Waals surface area (Å²) in [5.74, 6) is -0.567. The highest BCUT2D eigenvalue weighted by molar-refractivity contribution is 5.75. The Bertz CT molecular complexity index is 1030. The summed E-state index contributed by atoms with van der Waals surface area (Å²) in [5, 5.41) is 22.4. The van der Waals surface area contributed by atoms with E-state index < -0.39 is 17.7 Å². The molecule has 0 saturated carbocycles. The lowest BCUT2D eigenvalue weighted by atomic mass is 9.72. The van der Waals surface area contributed by atoms with Crippen LogP contribution < -0.4 is 5.73 Å². The normalized spacial score (nSPS) is 24.1. The van der Waals surface area contributed by atoms with Gasteiger partial charge in [-0.3, -0.25) is 0 Å². The molecule has 0 aromatic heterocycles. The first-order valence-corrected chi connectivity index (χ1v) is 12.9. The number of piperidine rings is 1. The molecule has 36 heavy (non-hydrogen) atoms. The molecule has 2 fully saturated rings. The Morgan fingerprint density at radius 2 is 1.81 bits per heavy atom. The van der Waals surface area contributed by atoms with Crippen LogP contribution in [-0.4, -0.2) is 78.1 Å². The van der Waals surface area contributed by atoms with Crippen molar-refractivity contribution in [1.82, 2.24) is 9.80 Å². The number of amides is 2. The van der Waals surface area contributed by atoms with Gasteiger partial charge in [-0.15, -0.1) is 0 Å². The monoisotopic (exact) mass is 499 g/mol. The number of nitrogens with two attached hydrogens (primary N) is 1. The van der Waals surface area contributed by atoms with Gasteiger partial charge in [0.1, 0.15) is 5.82 Å². The van der Waals surface area contributed by atoms with Crippen molar-refractivity contribution in [3.63, 3.8) is 0 Å². The molecule has 4 N–H and O–H groups in total. The lowest BCUT2D eigenvalue weighted by Crippen LogP contribution is -2.52. The molecule has 0 aliphatic carbocycles. The minimum Gasteiger partial charge on any atom is -0.390 e. The number of hydrogen-bond donors (Lipinski definition) is 3. The molecule has 4 rings (SSSR count). The Labute approximate surface area is 212 Å². The summed E-state index contributed by atoms with van der Waals surface area (Å²) in [5.41, 5.74) is 6.48. The first-order chi connectivity index (χ1) is 17.3. The zero-order valence-corrected chi connectivity index (χ0v) is 21.0. The quantitative estimate of drug-likeness (QED) is 0.484. The van der Waals surface area contributed by atoms with Gasteiger partial charge in [-0.2, -0.15) is 0 Å². The van der Waals surface area contributed by atoms with Gasteiger partial charge in [-0.25, -0.2) is 9.18 Å². The third-order valence-electron chi connectivity index (χ3n) is 7.68. The van der Waals surface area contributed by atoms with Crippen LogP contribution in [0.25, 0.3) is 11.1 Å². The van der Waals surface area contributed by atoms with Crippen LogP contribution in [-0.2, 0) is 10.3 Å². The minimum absolute atomic E-state index is 0.157. The number of carbonyl (C=O) groups is 1. The highest BCUT2D eigenvalue weighted by Gasteiger charge is 2.44. The van der Waals surface area contributed by atoms with Crippen LogP contribution in [0.15, 0.2) is 48.5 Å². The first-order valence-electron chi connectivity index (χ1n) is 12.9. The summed E-state index contributed by atoms with van der Waals surface area (Å²) in [7, 11) is 1.66. The number of β-amino-alcohol motifs (C(OH)–C–C–N with tert-alkyl or cyclic N) is 1. The van der Waals surface area contributed by atoms with Gasteiger partial charge in [0.2, 0.25) is 0 Å². The number of unbranched alkanes of at least 4 members (excludes halogenated alkanes) is 1. The Balaban J connectivity index is 1.65. The van der Waals surface area contributed by atoms with Crippen molar-refractivity contribution in [1.29, 1.82) is 0 Å².